The van der Waals surface area contributed by atoms with Gasteiger partial charge in [0.05, 0.1) is 13.7 Å². The number of hydrogen-bond donors (Lipinski definition) is 2. The topological polar surface area (TPSA) is 61.2 Å². The molecule has 2 atom stereocenters. The molecule has 2 heterocycles. The average Bonchev–Trinajstić information content (AvgIpc) is 3.21. The van der Waals surface area contributed by atoms with E-state index in [2.05, 4.69) is 17.4 Å². The minimum atomic E-state index is 0.0966. The molecule has 1 saturated heterocycles. The lowest BCUT2D eigenvalue weighted by Crippen LogP contribution is -3.11. The molecule has 0 radical (unpaired) electrons. The number of quaternary nitrogens is 1. The van der Waals surface area contributed by atoms with Crippen molar-refractivity contribution in [2.75, 3.05) is 40.0 Å². The van der Waals surface area contributed by atoms with Crippen LogP contribution in [0.1, 0.15) is 30.0 Å². The van der Waals surface area contributed by atoms with Crippen LogP contribution in [0.15, 0.2) is 42.5 Å². The summed E-state index contributed by atoms with van der Waals surface area (Å²) in [6, 6.07) is 14.4. The monoisotopic (exact) mass is 397 g/mol. The number of nitrogens with one attached hydrogen (secondary N) is 2. The second-order valence-electron chi connectivity index (χ2n) is 7.59. The van der Waals surface area contributed by atoms with Crippen LogP contribution in [0, 0.1) is 0 Å². The molecule has 6 nitrogen and oxygen atoms in total. The first-order chi connectivity index (χ1) is 14.2. The number of carbonyl (C=O) groups is 1. The van der Waals surface area contributed by atoms with Gasteiger partial charge in [-0.05, 0) is 36.2 Å². The molecule has 2 aromatic carbocycles. The normalized spacial score (nSPS) is 20.3. The highest BCUT2D eigenvalue weighted by molar-refractivity contribution is 5.76. The largest absolute Gasteiger partial charge is 0.496 e. The number of methoxy groups -OCH3 is 1. The van der Waals surface area contributed by atoms with Crippen molar-refractivity contribution in [2.24, 2.45) is 0 Å². The fourth-order valence-corrected chi connectivity index (χ4v) is 4.32. The lowest BCUT2D eigenvalue weighted by atomic mass is 10.0. The predicted octanol–water partition coefficient (Wildman–Crippen LogP) is 1.55. The Balaban J connectivity index is 1.32. The second kappa shape index (κ2) is 9.18. The Morgan fingerprint density at radius 3 is 2.86 bits per heavy atom. The first-order valence-corrected chi connectivity index (χ1v) is 10.4. The van der Waals surface area contributed by atoms with E-state index in [0.717, 1.165) is 48.6 Å². The molecule has 4 rings (SSSR count). The number of para-hydroxylation sites is 1. The fourth-order valence-electron chi connectivity index (χ4n) is 4.32. The molecular formula is C23H29N2O4+. The fraction of sp³-hybridized carbons (Fsp3) is 0.435. The molecule has 0 aromatic heterocycles. The van der Waals surface area contributed by atoms with Gasteiger partial charge in [0.25, 0.3) is 5.91 Å². The van der Waals surface area contributed by atoms with Crippen LogP contribution >= 0.6 is 0 Å². The summed E-state index contributed by atoms with van der Waals surface area (Å²) in [5.74, 6) is 2.60. The molecule has 6 heteroatoms. The highest BCUT2D eigenvalue weighted by Crippen LogP contribution is 2.33. The van der Waals surface area contributed by atoms with Crippen LogP contribution in [0.4, 0.5) is 0 Å². The molecule has 0 saturated carbocycles. The van der Waals surface area contributed by atoms with E-state index in [1.54, 1.807) is 7.11 Å². The van der Waals surface area contributed by atoms with Gasteiger partial charge < -0.3 is 24.4 Å². The number of rotatable bonds is 7. The molecule has 1 amide bonds. The zero-order valence-corrected chi connectivity index (χ0v) is 16.9. The van der Waals surface area contributed by atoms with Crippen molar-refractivity contribution >= 4 is 5.91 Å². The van der Waals surface area contributed by atoms with E-state index in [0.29, 0.717) is 32.3 Å². The molecule has 0 spiro atoms. The lowest BCUT2D eigenvalue weighted by molar-refractivity contribution is -0.910. The maximum atomic E-state index is 12.5. The number of ether oxygens (including phenoxy) is 3. The SMILES string of the molecule is COc1ccccc1CCNC(=O)C[NH+]1CCC[C@@H]1c1ccc2c(c1)OCCO2. The first-order valence-electron chi connectivity index (χ1n) is 10.4. The summed E-state index contributed by atoms with van der Waals surface area (Å²) in [5, 5.41) is 3.07. The summed E-state index contributed by atoms with van der Waals surface area (Å²) in [5.41, 5.74) is 2.33. The molecule has 0 bridgehead atoms. The van der Waals surface area contributed by atoms with Gasteiger partial charge in [-0.1, -0.05) is 18.2 Å². The summed E-state index contributed by atoms with van der Waals surface area (Å²) in [4.78, 5) is 13.9. The molecule has 2 aliphatic rings. The van der Waals surface area contributed by atoms with Gasteiger partial charge in [-0.15, -0.1) is 0 Å². The Hall–Kier alpha value is -2.73. The maximum absolute atomic E-state index is 12.5. The molecule has 0 aliphatic carbocycles. The predicted molar refractivity (Wildman–Crippen MR) is 110 cm³/mol. The van der Waals surface area contributed by atoms with Gasteiger partial charge in [-0.3, -0.25) is 4.79 Å². The van der Waals surface area contributed by atoms with E-state index in [1.165, 1.54) is 10.5 Å². The van der Waals surface area contributed by atoms with E-state index in [1.807, 2.05) is 30.3 Å². The Morgan fingerprint density at radius 1 is 1.17 bits per heavy atom. The van der Waals surface area contributed by atoms with Crippen LogP contribution in [-0.4, -0.2) is 45.9 Å². The van der Waals surface area contributed by atoms with Crippen molar-refractivity contribution in [1.82, 2.24) is 5.32 Å². The molecule has 2 aliphatic heterocycles. The number of amides is 1. The van der Waals surface area contributed by atoms with Gasteiger partial charge in [-0.25, -0.2) is 0 Å². The van der Waals surface area contributed by atoms with Gasteiger partial charge in [0, 0.05) is 24.9 Å². The maximum Gasteiger partial charge on any atom is 0.275 e. The van der Waals surface area contributed by atoms with Crippen LogP contribution in [-0.2, 0) is 11.2 Å². The highest BCUT2D eigenvalue weighted by Gasteiger charge is 2.32. The van der Waals surface area contributed by atoms with Gasteiger partial charge >= 0.3 is 0 Å². The second-order valence-corrected chi connectivity index (χ2v) is 7.59. The average molecular weight is 397 g/mol. The zero-order valence-electron chi connectivity index (χ0n) is 16.9. The highest BCUT2D eigenvalue weighted by atomic mass is 16.6. The number of hydrogen-bond acceptors (Lipinski definition) is 4. The van der Waals surface area contributed by atoms with Crippen LogP contribution in [0.5, 0.6) is 17.2 Å². The minimum Gasteiger partial charge on any atom is -0.496 e. The standard InChI is InChI=1S/C23H28N2O4/c1-27-20-7-3-2-5-17(20)10-11-24-23(26)16-25-12-4-6-19(25)18-8-9-21-22(15-18)29-14-13-28-21/h2-3,5,7-9,15,19H,4,6,10-14,16H2,1H3,(H,24,26)/p+1/t19-/m1/s1. The van der Waals surface area contributed by atoms with Crippen LogP contribution in [0.2, 0.25) is 0 Å². The lowest BCUT2D eigenvalue weighted by Gasteiger charge is -2.24. The van der Waals surface area contributed by atoms with Crippen LogP contribution < -0.4 is 24.4 Å². The quantitative estimate of drug-likeness (QED) is 0.744. The summed E-state index contributed by atoms with van der Waals surface area (Å²) in [7, 11) is 1.67. The number of benzene rings is 2. The van der Waals surface area contributed by atoms with E-state index in [4.69, 9.17) is 14.2 Å². The molecule has 2 N–H and O–H groups in total. The van der Waals surface area contributed by atoms with Crippen LogP contribution in [0.3, 0.4) is 0 Å². The number of likely N-dealkylation sites (tertiary alicyclic amines) is 1. The first kappa shape index (κ1) is 19.6. The molecule has 1 unspecified atom stereocenters. The molecular weight excluding hydrogens is 368 g/mol. The molecule has 1 fully saturated rings. The van der Waals surface area contributed by atoms with E-state index >= 15 is 0 Å². The van der Waals surface area contributed by atoms with Crippen molar-refractivity contribution in [3.8, 4) is 17.2 Å². The minimum absolute atomic E-state index is 0.0966. The Kier molecular flexibility index (Phi) is 6.20. The molecule has 29 heavy (non-hydrogen) atoms. The molecule has 2 aromatic rings. The third-order valence-corrected chi connectivity index (χ3v) is 5.75. The summed E-state index contributed by atoms with van der Waals surface area (Å²) in [6.07, 6.45) is 2.98. The third kappa shape index (κ3) is 4.65. The van der Waals surface area contributed by atoms with Crippen molar-refractivity contribution in [3.63, 3.8) is 0 Å². The number of fused-ring (bicyclic) bond motifs is 1. The van der Waals surface area contributed by atoms with E-state index in [-0.39, 0.29) is 5.91 Å². The smallest absolute Gasteiger partial charge is 0.275 e. The van der Waals surface area contributed by atoms with Gasteiger partial charge in [-0.2, -0.15) is 0 Å². The Bertz CT molecular complexity index is 855. The third-order valence-electron chi connectivity index (χ3n) is 5.75. The van der Waals surface area contributed by atoms with E-state index < -0.39 is 0 Å². The Labute approximate surface area is 171 Å². The van der Waals surface area contributed by atoms with Crippen LogP contribution in [0.25, 0.3) is 0 Å². The van der Waals surface area contributed by atoms with Gasteiger partial charge in [0.2, 0.25) is 0 Å². The number of carbonyl (C=O) groups excluding carboxylic acids is 1. The summed E-state index contributed by atoms with van der Waals surface area (Å²) < 4.78 is 16.7. The summed E-state index contributed by atoms with van der Waals surface area (Å²) >= 11 is 0. The Morgan fingerprint density at radius 2 is 2.00 bits per heavy atom. The molecule has 154 valence electrons. The summed E-state index contributed by atoms with van der Waals surface area (Å²) in [6.45, 7) is 3.31. The van der Waals surface area contributed by atoms with Gasteiger partial charge in [0.1, 0.15) is 25.0 Å². The van der Waals surface area contributed by atoms with Crippen molar-refractivity contribution < 1.29 is 23.9 Å². The van der Waals surface area contributed by atoms with Crippen molar-refractivity contribution in [1.29, 1.82) is 0 Å². The van der Waals surface area contributed by atoms with E-state index in [9.17, 15) is 4.79 Å². The van der Waals surface area contributed by atoms with Crippen molar-refractivity contribution in [2.45, 2.75) is 25.3 Å². The zero-order chi connectivity index (χ0) is 20.1. The van der Waals surface area contributed by atoms with Crippen molar-refractivity contribution in [3.05, 3.63) is 53.6 Å². The van der Waals surface area contributed by atoms with Gasteiger partial charge in [0.15, 0.2) is 18.0 Å².